The van der Waals surface area contributed by atoms with Crippen molar-refractivity contribution in [3.63, 3.8) is 0 Å². The van der Waals surface area contributed by atoms with Crippen molar-refractivity contribution in [1.29, 1.82) is 0 Å². The van der Waals surface area contributed by atoms with Gasteiger partial charge in [0.1, 0.15) is 11.5 Å². The van der Waals surface area contributed by atoms with Crippen LogP contribution in [0.4, 0.5) is 0 Å². The van der Waals surface area contributed by atoms with Crippen molar-refractivity contribution in [3.05, 3.63) is 59.7 Å². The maximum Gasteiger partial charge on any atom is 0.315 e. The smallest absolute Gasteiger partial charge is 0.315 e. The van der Waals surface area contributed by atoms with Gasteiger partial charge >= 0.3 is 11.9 Å². The van der Waals surface area contributed by atoms with Crippen LogP contribution in [0.25, 0.3) is 0 Å². The highest BCUT2D eigenvalue weighted by Crippen LogP contribution is 2.39. The van der Waals surface area contributed by atoms with Crippen LogP contribution in [-0.4, -0.2) is 42.6 Å². The first-order valence-electron chi connectivity index (χ1n) is 9.12. The Morgan fingerprint density at radius 2 is 0.906 bits per heavy atom. The summed E-state index contributed by atoms with van der Waals surface area (Å²) >= 11 is 0. The van der Waals surface area contributed by atoms with Crippen LogP contribution in [0, 0.1) is 0 Å². The van der Waals surface area contributed by atoms with Crippen molar-refractivity contribution < 1.29 is 49.7 Å². The summed E-state index contributed by atoms with van der Waals surface area (Å²) < 4.78 is 10.1. The molecule has 0 radical (unpaired) electrons. The Labute approximate surface area is 180 Å². The number of aromatic hydroxyl groups is 6. The molecule has 0 bridgehead atoms. The van der Waals surface area contributed by atoms with Gasteiger partial charge in [-0.3, -0.25) is 9.59 Å². The third-order valence-electron chi connectivity index (χ3n) is 4.34. The average Bonchev–Trinajstić information content (AvgIpc) is 2.71. The van der Waals surface area contributed by atoms with Crippen LogP contribution >= 0.6 is 0 Å². The quantitative estimate of drug-likeness (QED) is 0.189. The van der Waals surface area contributed by atoms with Gasteiger partial charge in [0.05, 0.1) is 12.8 Å². The molecular weight excluding hydrogens is 424 g/mol. The predicted octanol–water partition coefficient (Wildman–Crippen LogP) is 2.22. The highest BCUT2D eigenvalue weighted by atomic mass is 16.5. The second-order valence-corrected chi connectivity index (χ2v) is 6.69. The normalized spacial score (nSPS) is 10.5. The lowest BCUT2D eigenvalue weighted by Crippen LogP contribution is -2.16. The Morgan fingerprint density at radius 1 is 0.594 bits per heavy atom. The molecule has 32 heavy (non-hydrogen) atoms. The number of esters is 2. The maximum absolute atomic E-state index is 12.3. The van der Waals surface area contributed by atoms with E-state index in [1.807, 2.05) is 0 Å². The molecule has 10 nitrogen and oxygen atoms in total. The number of hydrogen-bond donors (Lipinski definition) is 6. The topological polar surface area (TPSA) is 174 Å². The van der Waals surface area contributed by atoms with Gasteiger partial charge in [0.25, 0.3) is 0 Å². The second kappa shape index (κ2) is 9.04. The van der Waals surface area contributed by atoms with Gasteiger partial charge in [-0.25, -0.2) is 0 Å². The van der Waals surface area contributed by atoms with E-state index in [1.54, 1.807) is 24.3 Å². The van der Waals surface area contributed by atoms with Crippen LogP contribution in [-0.2, 0) is 22.4 Å². The molecule has 0 saturated carbocycles. The summed E-state index contributed by atoms with van der Waals surface area (Å²) in [6.45, 7) is 0. The molecule has 0 aliphatic carbocycles. The summed E-state index contributed by atoms with van der Waals surface area (Å²) in [5.74, 6) is -6.05. The zero-order chi connectivity index (χ0) is 23.4. The Hall–Kier alpha value is -4.60. The van der Waals surface area contributed by atoms with E-state index in [2.05, 4.69) is 0 Å². The van der Waals surface area contributed by atoms with E-state index in [9.17, 15) is 40.2 Å². The van der Waals surface area contributed by atoms with Crippen LogP contribution in [0.5, 0.6) is 46.0 Å². The molecule has 0 fully saturated rings. The molecule has 0 aliphatic heterocycles. The molecule has 0 saturated heterocycles. The molecule has 0 atom stereocenters. The second-order valence-electron chi connectivity index (χ2n) is 6.69. The number of carbonyl (C=O) groups excluding carboxylic acids is 2. The lowest BCUT2D eigenvalue weighted by Gasteiger charge is -2.11. The van der Waals surface area contributed by atoms with Crippen LogP contribution in [0.2, 0.25) is 0 Å². The summed E-state index contributed by atoms with van der Waals surface area (Å²) in [6.07, 6.45) is -0.515. The number of hydrogen-bond acceptors (Lipinski definition) is 10. The molecule has 0 spiro atoms. The van der Waals surface area contributed by atoms with Crippen LogP contribution in [0.15, 0.2) is 48.5 Å². The van der Waals surface area contributed by atoms with Gasteiger partial charge in [0, 0.05) is 24.3 Å². The number of phenolic OH excluding ortho intramolecular Hbond substituents is 6. The monoisotopic (exact) mass is 442 g/mol. The number of benzene rings is 3. The van der Waals surface area contributed by atoms with E-state index in [0.717, 1.165) is 24.3 Å². The van der Waals surface area contributed by atoms with Gasteiger partial charge in [-0.15, -0.1) is 0 Å². The van der Waals surface area contributed by atoms with E-state index in [0.29, 0.717) is 11.1 Å². The average molecular weight is 442 g/mol. The molecule has 6 N–H and O–H groups in total. The third-order valence-corrected chi connectivity index (χ3v) is 4.34. The van der Waals surface area contributed by atoms with Crippen molar-refractivity contribution in [2.24, 2.45) is 0 Å². The van der Waals surface area contributed by atoms with E-state index in [-0.39, 0.29) is 24.3 Å². The molecule has 3 rings (SSSR count). The first-order valence-corrected chi connectivity index (χ1v) is 9.12. The Balaban J connectivity index is 1.69. The van der Waals surface area contributed by atoms with Gasteiger partial charge in [0.2, 0.25) is 11.5 Å². The Kier molecular flexibility index (Phi) is 6.24. The lowest BCUT2D eigenvalue weighted by atomic mass is 10.0. The number of phenols is 6. The van der Waals surface area contributed by atoms with Gasteiger partial charge < -0.3 is 40.1 Å². The van der Waals surface area contributed by atoms with Crippen LogP contribution in [0.1, 0.15) is 11.1 Å². The minimum Gasteiger partial charge on any atom is -0.504 e. The number of ether oxygens (including phenoxy) is 2. The molecule has 0 aromatic heterocycles. The van der Waals surface area contributed by atoms with Crippen molar-refractivity contribution in [3.8, 4) is 46.0 Å². The summed E-state index contributed by atoms with van der Waals surface area (Å²) in [4.78, 5) is 24.6. The number of rotatable bonds is 6. The van der Waals surface area contributed by atoms with Crippen LogP contribution < -0.4 is 9.47 Å². The summed E-state index contributed by atoms with van der Waals surface area (Å²) in [5, 5.41) is 56.7. The van der Waals surface area contributed by atoms with Gasteiger partial charge in [0.15, 0.2) is 23.0 Å². The van der Waals surface area contributed by atoms with Gasteiger partial charge in [-0.2, -0.15) is 0 Å². The standard InChI is InChI=1S/C22H18O10/c23-15-7-13(8-16(24)21(15)29)31-19(27)5-11-3-1-2-4-12(11)6-20(28)32-14-9-17(25)22(30)18(26)10-14/h1-4,7-10,23-26,29-30H,5-6H2. The minimum atomic E-state index is -0.760. The zero-order valence-electron chi connectivity index (χ0n) is 16.3. The largest absolute Gasteiger partial charge is 0.504 e. The highest BCUT2D eigenvalue weighted by molar-refractivity contribution is 5.79. The van der Waals surface area contributed by atoms with E-state index >= 15 is 0 Å². The molecule has 10 heteroatoms. The van der Waals surface area contributed by atoms with Crippen molar-refractivity contribution >= 4 is 11.9 Å². The van der Waals surface area contributed by atoms with Crippen molar-refractivity contribution in [2.45, 2.75) is 12.8 Å². The Morgan fingerprint density at radius 3 is 1.22 bits per heavy atom. The van der Waals surface area contributed by atoms with E-state index in [4.69, 9.17) is 9.47 Å². The summed E-state index contributed by atoms with van der Waals surface area (Å²) in [6, 6.07) is 10.3. The third kappa shape index (κ3) is 5.11. The fraction of sp³-hybridized carbons (Fsp3) is 0.0909. The molecular formula is C22H18O10. The SMILES string of the molecule is O=C(Cc1ccccc1CC(=O)Oc1cc(O)c(O)c(O)c1)Oc1cc(O)c(O)c(O)c1. The first-order chi connectivity index (χ1) is 15.1. The molecule has 0 amide bonds. The minimum absolute atomic E-state index is 0.188. The highest BCUT2D eigenvalue weighted by Gasteiger charge is 2.17. The zero-order valence-corrected chi connectivity index (χ0v) is 16.3. The predicted molar refractivity (Wildman–Crippen MR) is 108 cm³/mol. The van der Waals surface area contributed by atoms with E-state index in [1.165, 1.54) is 0 Å². The van der Waals surface area contributed by atoms with Crippen molar-refractivity contribution in [2.75, 3.05) is 0 Å². The fourth-order valence-electron chi connectivity index (χ4n) is 2.82. The Bertz CT molecular complexity index is 1050. The number of carbonyl (C=O) groups is 2. The van der Waals surface area contributed by atoms with Gasteiger partial charge in [-0.05, 0) is 11.1 Å². The summed E-state index contributed by atoms with van der Waals surface area (Å²) in [5.41, 5.74) is 0.885. The van der Waals surface area contributed by atoms with Gasteiger partial charge in [-0.1, -0.05) is 24.3 Å². The van der Waals surface area contributed by atoms with Crippen LogP contribution in [0.3, 0.4) is 0 Å². The molecule has 0 unspecified atom stereocenters. The first kappa shape index (κ1) is 22.1. The molecule has 3 aromatic rings. The van der Waals surface area contributed by atoms with E-state index < -0.39 is 46.4 Å². The maximum atomic E-state index is 12.3. The molecule has 0 aliphatic rings. The molecule has 3 aromatic carbocycles. The fourth-order valence-corrected chi connectivity index (χ4v) is 2.82. The molecule has 0 heterocycles. The molecule has 166 valence electrons. The summed E-state index contributed by atoms with van der Waals surface area (Å²) in [7, 11) is 0. The van der Waals surface area contributed by atoms with Crippen molar-refractivity contribution in [1.82, 2.24) is 0 Å². The lowest BCUT2D eigenvalue weighted by molar-refractivity contribution is -0.135.